The molecule has 0 saturated carbocycles. The van der Waals surface area contributed by atoms with Gasteiger partial charge in [0.1, 0.15) is 6.10 Å². The Balaban J connectivity index is 1.21. The van der Waals surface area contributed by atoms with E-state index < -0.39 is 0 Å². The number of hydrogen-bond acceptors (Lipinski definition) is 7. The summed E-state index contributed by atoms with van der Waals surface area (Å²) in [4.78, 5) is 24.6. The first-order valence-corrected chi connectivity index (χ1v) is 13.3. The van der Waals surface area contributed by atoms with E-state index in [4.69, 9.17) is 9.72 Å². The van der Waals surface area contributed by atoms with Crippen molar-refractivity contribution >= 4 is 16.8 Å². The Kier molecular flexibility index (Phi) is 6.69. The predicted octanol–water partition coefficient (Wildman–Crippen LogP) is 2.57. The Bertz CT molecular complexity index is 1230. The van der Waals surface area contributed by atoms with Crippen molar-refractivity contribution in [2.24, 2.45) is 13.0 Å². The van der Waals surface area contributed by atoms with E-state index in [2.05, 4.69) is 37.7 Å². The number of likely N-dealkylation sites (tertiary alicyclic amines) is 1. The third kappa shape index (κ3) is 4.75. The molecule has 190 valence electrons. The topological polar surface area (TPSA) is 97.2 Å². The minimum absolute atomic E-state index is 0.0389. The molecule has 3 fully saturated rings. The Hall–Kier alpha value is -2.88. The van der Waals surface area contributed by atoms with Crippen molar-refractivity contribution in [1.29, 1.82) is 0 Å². The number of nitrogens with zero attached hydrogens (tertiary/aromatic N) is 5. The standard InChI is InChI=1S/C27H35N7O2/c1-33-25(16-34-9-3-2-4-10-34)21(14-31-33)20-11-19-12-22(30-15-23(19)29-13-20)26-24(17-36-26)32-27(35)18-5-7-28-8-6-18/h11-15,18,24,26,28H,2-10,16-17H2,1H3,(H,32,35). The van der Waals surface area contributed by atoms with Crippen LogP contribution in [0.5, 0.6) is 0 Å². The highest BCUT2D eigenvalue weighted by molar-refractivity contribution is 5.84. The minimum Gasteiger partial charge on any atom is -0.367 e. The largest absolute Gasteiger partial charge is 0.367 e. The summed E-state index contributed by atoms with van der Waals surface area (Å²) in [5.41, 5.74) is 5.09. The molecule has 2 N–H and O–H groups in total. The van der Waals surface area contributed by atoms with Gasteiger partial charge in [0.05, 0.1) is 41.9 Å². The molecule has 3 aromatic rings. The molecule has 9 heteroatoms. The molecule has 0 spiro atoms. The number of aromatic nitrogens is 4. The van der Waals surface area contributed by atoms with E-state index in [0.717, 1.165) is 73.3 Å². The molecule has 2 atom stereocenters. The molecular formula is C27H35N7O2. The Morgan fingerprint density at radius 2 is 1.94 bits per heavy atom. The number of carbonyl (C=O) groups is 1. The van der Waals surface area contributed by atoms with Crippen LogP contribution in [0, 0.1) is 5.92 Å². The minimum atomic E-state index is -0.225. The summed E-state index contributed by atoms with van der Waals surface area (Å²) >= 11 is 0. The molecule has 3 saturated heterocycles. The van der Waals surface area contributed by atoms with Crippen LogP contribution >= 0.6 is 0 Å². The fourth-order valence-electron chi connectivity index (χ4n) is 5.65. The average molecular weight is 490 g/mol. The highest BCUT2D eigenvalue weighted by atomic mass is 16.5. The number of rotatable bonds is 6. The summed E-state index contributed by atoms with van der Waals surface area (Å²) in [6.07, 6.45) is 11.1. The maximum absolute atomic E-state index is 12.7. The maximum atomic E-state index is 12.7. The predicted molar refractivity (Wildman–Crippen MR) is 137 cm³/mol. The maximum Gasteiger partial charge on any atom is 0.223 e. The van der Waals surface area contributed by atoms with E-state index in [1.807, 2.05) is 24.1 Å². The fourth-order valence-corrected chi connectivity index (χ4v) is 5.65. The lowest BCUT2D eigenvalue weighted by Crippen LogP contribution is -2.53. The van der Waals surface area contributed by atoms with Crippen LogP contribution in [0.25, 0.3) is 22.0 Å². The molecule has 9 nitrogen and oxygen atoms in total. The number of fused-ring (bicyclic) bond motifs is 1. The summed E-state index contributed by atoms with van der Waals surface area (Å²) in [5.74, 6) is 0.222. The van der Waals surface area contributed by atoms with Crippen molar-refractivity contribution in [2.45, 2.75) is 50.8 Å². The van der Waals surface area contributed by atoms with Crippen LogP contribution in [0.2, 0.25) is 0 Å². The van der Waals surface area contributed by atoms with Gasteiger partial charge in [0.2, 0.25) is 5.91 Å². The average Bonchev–Trinajstić information content (AvgIpc) is 3.27. The van der Waals surface area contributed by atoms with Gasteiger partial charge in [-0.1, -0.05) is 6.42 Å². The van der Waals surface area contributed by atoms with Gasteiger partial charge >= 0.3 is 0 Å². The zero-order valence-corrected chi connectivity index (χ0v) is 20.9. The molecule has 2 unspecified atom stereocenters. The summed E-state index contributed by atoms with van der Waals surface area (Å²) in [6, 6.07) is 4.19. The monoisotopic (exact) mass is 489 g/mol. The van der Waals surface area contributed by atoms with Gasteiger partial charge in [-0.2, -0.15) is 5.10 Å². The second-order valence-corrected chi connectivity index (χ2v) is 10.4. The van der Waals surface area contributed by atoms with Crippen molar-refractivity contribution in [3.63, 3.8) is 0 Å². The summed E-state index contributed by atoms with van der Waals surface area (Å²) in [5, 5.41) is 12.1. The van der Waals surface area contributed by atoms with Crippen LogP contribution in [0.3, 0.4) is 0 Å². The molecule has 3 aliphatic heterocycles. The van der Waals surface area contributed by atoms with Crippen LogP contribution in [-0.2, 0) is 23.1 Å². The summed E-state index contributed by atoms with van der Waals surface area (Å²) < 4.78 is 7.85. The first-order chi connectivity index (χ1) is 17.7. The highest BCUT2D eigenvalue weighted by Gasteiger charge is 2.37. The lowest BCUT2D eigenvalue weighted by Gasteiger charge is -2.38. The van der Waals surface area contributed by atoms with Gasteiger partial charge in [-0.15, -0.1) is 0 Å². The zero-order valence-electron chi connectivity index (χ0n) is 20.9. The SMILES string of the molecule is Cn1ncc(-c2cnc3cnc(C4OCC4NC(=O)C4CCNCC4)cc3c2)c1CN1CCCCC1. The molecule has 6 rings (SSSR count). The van der Waals surface area contributed by atoms with Gasteiger partial charge < -0.3 is 15.4 Å². The third-order valence-electron chi connectivity index (χ3n) is 7.93. The third-order valence-corrected chi connectivity index (χ3v) is 7.93. The van der Waals surface area contributed by atoms with Gasteiger partial charge in [0, 0.05) is 42.2 Å². The molecule has 1 amide bonds. The van der Waals surface area contributed by atoms with Gasteiger partial charge in [-0.25, -0.2) is 0 Å². The van der Waals surface area contributed by atoms with Gasteiger partial charge in [-0.05, 0) is 64.0 Å². The number of ether oxygens (including phenoxy) is 1. The fraction of sp³-hybridized carbons (Fsp3) is 0.556. The van der Waals surface area contributed by atoms with Gasteiger partial charge in [0.15, 0.2) is 0 Å². The molecular weight excluding hydrogens is 454 g/mol. The molecule has 3 aromatic heterocycles. The Labute approximate surface area is 211 Å². The normalized spacial score (nSPS) is 23.5. The van der Waals surface area contributed by atoms with Crippen LogP contribution in [0.15, 0.2) is 30.7 Å². The molecule has 0 aromatic carbocycles. The molecule has 3 aliphatic rings. The van der Waals surface area contributed by atoms with Gasteiger partial charge in [0.25, 0.3) is 0 Å². The lowest BCUT2D eigenvalue weighted by molar-refractivity contribution is -0.137. The quantitative estimate of drug-likeness (QED) is 0.549. The number of piperidine rings is 2. The first-order valence-electron chi connectivity index (χ1n) is 13.3. The Morgan fingerprint density at radius 1 is 1.11 bits per heavy atom. The molecule has 0 bridgehead atoms. The van der Waals surface area contributed by atoms with E-state index in [-0.39, 0.29) is 24.0 Å². The van der Waals surface area contributed by atoms with Crippen molar-refractivity contribution in [2.75, 3.05) is 32.8 Å². The molecule has 0 radical (unpaired) electrons. The van der Waals surface area contributed by atoms with Crippen molar-refractivity contribution in [3.8, 4) is 11.1 Å². The second-order valence-electron chi connectivity index (χ2n) is 10.4. The summed E-state index contributed by atoms with van der Waals surface area (Å²) in [7, 11) is 2.02. The number of pyridine rings is 2. The molecule has 36 heavy (non-hydrogen) atoms. The number of aryl methyl sites for hydroxylation is 1. The van der Waals surface area contributed by atoms with E-state index in [1.165, 1.54) is 25.0 Å². The molecule has 6 heterocycles. The van der Waals surface area contributed by atoms with E-state index in [9.17, 15) is 4.79 Å². The van der Waals surface area contributed by atoms with Crippen LogP contribution in [0.4, 0.5) is 0 Å². The van der Waals surface area contributed by atoms with Crippen molar-refractivity contribution in [1.82, 2.24) is 35.3 Å². The number of nitrogens with one attached hydrogen (secondary N) is 2. The molecule has 0 aliphatic carbocycles. The van der Waals surface area contributed by atoms with Crippen LogP contribution < -0.4 is 10.6 Å². The van der Waals surface area contributed by atoms with Crippen molar-refractivity contribution in [3.05, 3.63) is 42.1 Å². The Morgan fingerprint density at radius 3 is 2.72 bits per heavy atom. The van der Waals surface area contributed by atoms with E-state index in [0.29, 0.717) is 6.61 Å². The highest BCUT2D eigenvalue weighted by Crippen LogP contribution is 2.32. The summed E-state index contributed by atoms with van der Waals surface area (Å²) in [6.45, 7) is 5.52. The lowest BCUT2D eigenvalue weighted by atomic mass is 9.95. The van der Waals surface area contributed by atoms with Crippen LogP contribution in [0.1, 0.15) is 49.6 Å². The van der Waals surface area contributed by atoms with Crippen LogP contribution in [-0.4, -0.2) is 69.4 Å². The zero-order chi connectivity index (χ0) is 24.5. The van der Waals surface area contributed by atoms with Crippen molar-refractivity contribution < 1.29 is 9.53 Å². The number of hydrogen-bond donors (Lipinski definition) is 2. The number of amides is 1. The number of carbonyl (C=O) groups excluding carboxylic acids is 1. The van der Waals surface area contributed by atoms with E-state index >= 15 is 0 Å². The van der Waals surface area contributed by atoms with Gasteiger partial charge in [-0.3, -0.25) is 24.3 Å². The smallest absolute Gasteiger partial charge is 0.223 e. The first kappa shape index (κ1) is 23.5. The second kappa shape index (κ2) is 10.2. The van der Waals surface area contributed by atoms with E-state index in [1.54, 1.807) is 6.20 Å².